The summed E-state index contributed by atoms with van der Waals surface area (Å²) in [4.78, 5) is 8.52. The van der Waals surface area contributed by atoms with Gasteiger partial charge in [0.15, 0.2) is 0 Å². The normalized spacial score (nSPS) is 11.6. The van der Waals surface area contributed by atoms with Crippen LogP contribution in [0.5, 0.6) is 11.5 Å². The fraction of sp³-hybridized carbons (Fsp3) is 0.500. The Morgan fingerprint density at radius 1 is 0.714 bits per heavy atom. The summed E-state index contributed by atoms with van der Waals surface area (Å²) in [5, 5.41) is 20.3. The van der Waals surface area contributed by atoms with Crippen molar-refractivity contribution in [2.45, 2.75) is 79.1 Å². The van der Waals surface area contributed by atoms with Gasteiger partial charge in [0, 0.05) is 36.6 Å². The monoisotopic (exact) mass is 598 g/mol. The first-order valence-corrected chi connectivity index (χ1v) is 18.3. The maximum atomic E-state index is 10.1. The van der Waals surface area contributed by atoms with Crippen LogP contribution in [-0.2, 0) is 31.7 Å². The van der Waals surface area contributed by atoms with E-state index in [1.54, 1.807) is 12.4 Å². The zero-order valence-electron chi connectivity index (χ0n) is 22.5. The van der Waals surface area contributed by atoms with Gasteiger partial charge in [-0.05, 0) is 46.9 Å². The predicted octanol–water partition coefficient (Wildman–Crippen LogP) is 8.41. The molecule has 0 amide bonds. The number of halogens is 2. The molecule has 0 heterocycles. The fourth-order valence-corrected chi connectivity index (χ4v) is 3.13. The van der Waals surface area contributed by atoms with Crippen molar-refractivity contribution >= 4 is 29.5 Å². The van der Waals surface area contributed by atoms with Crippen LogP contribution in [0, 0.1) is 0 Å². The zero-order valence-corrected chi connectivity index (χ0v) is 26.5. The van der Waals surface area contributed by atoms with Crippen molar-refractivity contribution in [1.82, 2.24) is 0 Å². The van der Waals surface area contributed by atoms with Crippen molar-refractivity contribution in [2.24, 2.45) is 9.98 Å². The molecular formula is C28H42Cl2N2O2Zr. The number of benzene rings is 2. The molecule has 0 fully saturated rings. The molecule has 0 radical (unpaired) electrons. The number of aliphatic imine (C=N–C) groups is 2. The fourth-order valence-electron chi connectivity index (χ4n) is 3.13. The van der Waals surface area contributed by atoms with Crippen molar-refractivity contribution in [2.75, 3.05) is 13.1 Å². The molecule has 0 unspecified atom stereocenters. The number of hydrogen-bond acceptors (Lipinski definition) is 4. The first-order valence-electron chi connectivity index (χ1n) is 12.0. The molecule has 2 rings (SSSR count). The van der Waals surface area contributed by atoms with E-state index in [-0.39, 0.29) is 10.8 Å². The van der Waals surface area contributed by atoms with E-state index < -0.39 is 20.8 Å². The molecule has 0 aromatic heterocycles. The zero-order chi connectivity index (χ0) is 27.1. The first kappa shape index (κ1) is 33.8. The molecule has 0 aliphatic carbocycles. The SMILES string of the molecule is CCCN=Cc1cccc(C(C)(C)C)c1O.CCCN=Cc1cccc(C(C)(C)C)c1O.[Cl][Zr][Cl]. The van der Waals surface area contributed by atoms with Crippen LogP contribution in [0.2, 0.25) is 0 Å². The Balaban J connectivity index is 0.000000594. The van der Waals surface area contributed by atoms with Gasteiger partial charge in [-0.1, -0.05) is 79.7 Å². The Hall–Kier alpha value is -1.16. The molecule has 0 aliphatic rings. The van der Waals surface area contributed by atoms with Gasteiger partial charge in [-0.2, -0.15) is 0 Å². The topological polar surface area (TPSA) is 65.2 Å². The summed E-state index contributed by atoms with van der Waals surface area (Å²) in [5.74, 6) is 0.713. The molecule has 2 aromatic carbocycles. The van der Waals surface area contributed by atoms with E-state index in [2.05, 4.69) is 65.4 Å². The van der Waals surface area contributed by atoms with Crippen molar-refractivity contribution < 1.29 is 31.1 Å². The van der Waals surface area contributed by atoms with Gasteiger partial charge in [0.1, 0.15) is 11.5 Å². The summed E-state index contributed by atoms with van der Waals surface area (Å²) in [5.41, 5.74) is 3.46. The number of phenols is 2. The predicted molar refractivity (Wildman–Crippen MR) is 151 cm³/mol. The number of aromatic hydroxyl groups is 2. The van der Waals surface area contributed by atoms with Crippen LogP contribution in [0.15, 0.2) is 46.4 Å². The maximum absolute atomic E-state index is 10.1. The number of rotatable bonds is 6. The van der Waals surface area contributed by atoms with Gasteiger partial charge < -0.3 is 10.2 Å². The van der Waals surface area contributed by atoms with Gasteiger partial charge in [0.2, 0.25) is 0 Å². The van der Waals surface area contributed by atoms with E-state index >= 15 is 0 Å². The number of nitrogens with zero attached hydrogens (tertiary/aromatic N) is 2. The minimum absolute atomic E-state index is 0.0430. The molecule has 0 aliphatic heterocycles. The summed E-state index contributed by atoms with van der Waals surface area (Å²) in [7, 11) is 9.87. The molecule has 0 spiro atoms. The second kappa shape index (κ2) is 17.3. The average Bonchev–Trinajstić information content (AvgIpc) is 2.76. The second-order valence-corrected chi connectivity index (χ2v) is 13.9. The van der Waals surface area contributed by atoms with Gasteiger partial charge in [-0.15, -0.1) is 0 Å². The first-order chi connectivity index (χ1) is 16.3. The van der Waals surface area contributed by atoms with E-state index in [1.807, 2.05) is 36.4 Å². The van der Waals surface area contributed by atoms with E-state index in [9.17, 15) is 10.2 Å². The average molecular weight is 601 g/mol. The third kappa shape index (κ3) is 13.1. The third-order valence-electron chi connectivity index (χ3n) is 4.92. The van der Waals surface area contributed by atoms with Crippen LogP contribution in [-0.4, -0.2) is 35.7 Å². The standard InChI is InChI=1S/2C14H21NO.2ClH.Zr/c2*1-5-9-15-10-11-7-6-8-12(13(11)16)14(2,3)4;;;/h2*6-8,10,16H,5,9H2,1-4H3;2*1H;/q;;;;+2/p-2. The van der Waals surface area contributed by atoms with Crippen molar-refractivity contribution in [3.05, 3.63) is 58.7 Å². The summed E-state index contributed by atoms with van der Waals surface area (Å²) in [6, 6.07) is 11.6. The molecular weight excluding hydrogens is 558 g/mol. The molecule has 4 nitrogen and oxygen atoms in total. The molecule has 2 N–H and O–H groups in total. The third-order valence-corrected chi connectivity index (χ3v) is 4.92. The van der Waals surface area contributed by atoms with E-state index in [0.29, 0.717) is 11.5 Å². The molecule has 7 heteroatoms. The van der Waals surface area contributed by atoms with Gasteiger partial charge in [0.05, 0.1) is 0 Å². The van der Waals surface area contributed by atoms with Crippen LogP contribution in [0.3, 0.4) is 0 Å². The van der Waals surface area contributed by atoms with Crippen molar-refractivity contribution in [1.29, 1.82) is 0 Å². The van der Waals surface area contributed by atoms with Crippen LogP contribution in [0.25, 0.3) is 0 Å². The van der Waals surface area contributed by atoms with E-state index in [1.165, 1.54) is 0 Å². The van der Waals surface area contributed by atoms with Crippen LogP contribution in [0.1, 0.15) is 90.5 Å². The Kier molecular flexibility index (Phi) is 16.8. The summed E-state index contributed by atoms with van der Waals surface area (Å²) in [6.45, 7) is 18.3. The summed E-state index contributed by atoms with van der Waals surface area (Å²) in [6.07, 6.45) is 5.56. The summed E-state index contributed by atoms with van der Waals surface area (Å²) < 4.78 is 0. The summed E-state index contributed by atoms with van der Waals surface area (Å²) >= 11 is -0.826. The van der Waals surface area contributed by atoms with Gasteiger partial charge >= 0.3 is 37.9 Å². The Labute approximate surface area is 231 Å². The van der Waals surface area contributed by atoms with Gasteiger partial charge in [-0.25, -0.2) is 0 Å². The van der Waals surface area contributed by atoms with Gasteiger partial charge in [0.25, 0.3) is 0 Å². The Morgan fingerprint density at radius 3 is 1.29 bits per heavy atom. The quantitative estimate of drug-likeness (QED) is 0.327. The second-order valence-electron chi connectivity index (χ2n) is 10.1. The number of para-hydroxylation sites is 2. The Bertz CT molecular complexity index is 858. The van der Waals surface area contributed by atoms with Gasteiger partial charge in [-0.3, -0.25) is 9.98 Å². The van der Waals surface area contributed by atoms with Crippen LogP contribution >= 0.6 is 17.0 Å². The molecule has 0 saturated heterocycles. The van der Waals surface area contributed by atoms with Crippen LogP contribution in [0.4, 0.5) is 0 Å². The van der Waals surface area contributed by atoms with E-state index in [4.69, 9.17) is 17.0 Å². The molecule has 194 valence electrons. The van der Waals surface area contributed by atoms with Crippen molar-refractivity contribution in [3.63, 3.8) is 0 Å². The Morgan fingerprint density at radius 2 is 1.03 bits per heavy atom. The number of phenolic OH excluding ortho intramolecular Hbond substituents is 2. The minimum atomic E-state index is -0.826. The van der Waals surface area contributed by atoms with Crippen molar-refractivity contribution in [3.8, 4) is 11.5 Å². The molecule has 35 heavy (non-hydrogen) atoms. The molecule has 0 atom stereocenters. The number of hydrogen-bond donors (Lipinski definition) is 2. The van der Waals surface area contributed by atoms with Crippen LogP contribution < -0.4 is 0 Å². The van der Waals surface area contributed by atoms with E-state index in [0.717, 1.165) is 48.2 Å². The molecule has 0 bridgehead atoms. The molecule has 2 aromatic rings. The molecule has 0 saturated carbocycles.